The second-order valence-electron chi connectivity index (χ2n) is 10.5. The largest absolute Gasteiger partial charge is 0.466 e. The molecule has 0 aliphatic carbocycles. The van der Waals surface area contributed by atoms with E-state index in [1.54, 1.807) is 25.1 Å². The van der Waals surface area contributed by atoms with Crippen molar-refractivity contribution in [3.05, 3.63) is 144 Å². The van der Waals surface area contributed by atoms with Gasteiger partial charge in [-0.05, 0) is 61.9 Å². The van der Waals surface area contributed by atoms with Gasteiger partial charge in [0.2, 0.25) is 0 Å². The minimum Gasteiger partial charge on any atom is -0.466 e. The van der Waals surface area contributed by atoms with E-state index < -0.39 is 5.92 Å². The molecule has 0 saturated carbocycles. The maximum atomic E-state index is 13.5. The van der Waals surface area contributed by atoms with Crippen LogP contribution in [0.2, 0.25) is 0 Å². The highest BCUT2D eigenvalue weighted by atomic mass is 16.5. The summed E-state index contributed by atoms with van der Waals surface area (Å²) in [6, 6.07) is 38.0. The molecular weight excluding hydrogens is 560 g/mol. The Balaban J connectivity index is 1.39. The molecule has 0 aromatic heterocycles. The first-order valence-electron chi connectivity index (χ1n) is 14.9. The van der Waals surface area contributed by atoms with Gasteiger partial charge in [0.1, 0.15) is 0 Å². The van der Waals surface area contributed by atoms with Crippen LogP contribution in [0.4, 0.5) is 22.7 Å². The van der Waals surface area contributed by atoms with Gasteiger partial charge in [0.15, 0.2) is 17.3 Å². The van der Waals surface area contributed by atoms with Crippen LogP contribution in [-0.2, 0) is 9.53 Å². The van der Waals surface area contributed by atoms with Gasteiger partial charge in [0.25, 0.3) is 0 Å². The molecule has 222 valence electrons. The molecule has 6 rings (SSSR count). The molecule has 0 unspecified atom stereocenters. The number of anilines is 4. The fraction of sp³-hybridized carbons (Fsp3) is 0.128. The number of nitrogens with zero attached hydrogens (tertiary/aromatic N) is 1. The van der Waals surface area contributed by atoms with Gasteiger partial charge >= 0.3 is 5.97 Å². The van der Waals surface area contributed by atoms with Crippen LogP contribution in [0, 0.1) is 11.8 Å². The standard InChI is InChI=1S/C39H32N2O4/c1-3-44-39(43)27(2)30-20-13-17-28(37(30)40-32-21-8-7-19-31(32)38(42)29-15-5-4-6-16-29)18-14-26-41-33-22-9-11-24-35(33)45-36-25-12-10-23-34(36)41/h4-13,15-17,19-25,27,40H,3,26H2,1-2H3/t27-/m0/s1. The zero-order valence-corrected chi connectivity index (χ0v) is 25.1. The van der Waals surface area contributed by atoms with Gasteiger partial charge in [0, 0.05) is 22.4 Å². The monoisotopic (exact) mass is 592 g/mol. The fourth-order valence-corrected chi connectivity index (χ4v) is 5.40. The smallest absolute Gasteiger partial charge is 0.313 e. The number of hydrogen-bond donors (Lipinski definition) is 1. The van der Waals surface area contributed by atoms with Gasteiger partial charge in [0.05, 0.1) is 36.1 Å². The molecule has 0 fully saturated rings. The van der Waals surface area contributed by atoms with Crippen molar-refractivity contribution in [2.75, 3.05) is 23.4 Å². The summed E-state index contributed by atoms with van der Waals surface area (Å²) in [5.74, 6) is 7.25. The van der Waals surface area contributed by atoms with Crippen molar-refractivity contribution in [2.24, 2.45) is 0 Å². The minimum absolute atomic E-state index is 0.105. The number of rotatable bonds is 8. The van der Waals surface area contributed by atoms with Crippen molar-refractivity contribution in [2.45, 2.75) is 19.8 Å². The van der Waals surface area contributed by atoms with Crippen LogP contribution in [-0.4, -0.2) is 24.9 Å². The Labute approximate surface area is 263 Å². The summed E-state index contributed by atoms with van der Waals surface area (Å²) in [5.41, 5.74) is 5.66. The van der Waals surface area contributed by atoms with Gasteiger partial charge in [-0.25, -0.2) is 0 Å². The first-order valence-corrected chi connectivity index (χ1v) is 14.9. The molecule has 1 aliphatic rings. The topological polar surface area (TPSA) is 67.9 Å². The molecule has 1 heterocycles. The van der Waals surface area contributed by atoms with Crippen molar-refractivity contribution < 1.29 is 19.1 Å². The van der Waals surface area contributed by atoms with E-state index in [-0.39, 0.29) is 18.4 Å². The Morgan fingerprint density at radius 1 is 0.800 bits per heavy atom. The maximum Gasteiger partial charge on any atom is 0.313 e. The van der Waals surface area contributed by atoms with Crippen molar-refractivity contribution in [1.82, 2.24) is 0 Å². The van der Waals surface area contributed by atoms with Crippen molar-refractivity contribution in [3.8, 4) is 23.3 Å². The highest BCUT2D eigenvalue weighted by Crippen LogP contribution is 2.46. The normalized spacial score (nSPS) is 12.0. The molecule has 6 heteroatoms. The average molecular weight is 593 g/mol. The number of carbonyl (C=O) groups is 2. The van der Waals surface area contributed by atoms with Crippen LogP contribution < -0.4 is 15.0 Å². The lowest BCUT2D eigenvalue weighted by Crippen LogP contribution is -2.21. The molecule has 1 atom stereocenters. The molecule has 0 saturated heterocycles. The number of nitrogens with one attached hydrogen (secondary N) is 1. The molecule has 5 aromatic rings. The first kappa shape index (κ1) is 29.3. The number of fused-ring (bicyclic) bond motifs is 2. The Morgan fingerprint density at radius 2 is 1.44 bits per heavy atom. The van der Waals surface area contributed by atoms with Gasteiger partial charge in [-0.2, -0.15) is 0 Å². The molecule has 0 spiro atoms. The zero-order chi connectivity index (χ0) is 31.2. The van der Waals surface area contributed by atoms with E-state index in [9.17, 15) is 9.59 Å². The Hall–Kier alpha value is -5.80. The predicted octanol–water partition coefficient (Wildman–Crippen LogP) is 8.62. The van der Waals surface area contributed by atoms with Crippen LogP contribution in [0.3, 0.4) is 0 Å². The van der Waals surface area contributed by atoms with Crippen LogP contribution in [0.5, 0.6) is 11.5 Å². The number of ether oxygens (including phenoxy) is 2. The lowest BCUT2D eigenvalue weighted by atomic mass is 9.95. The first-order chi connectivity index (χ1) is 22.0. The summed E-state index contributed by atoms with van der Waals surface area (Å²) in [6.07, 6.45) is 0. The number of carbonyl (C=O) groups excluding carboxylic acids is 2. The van der Waals surface area contributed by atoms with Crippen LogP contribution >= 0.6 is 0 Å². The molecule has 5 aromatic carbocycles. The molecule has 6 nitrogen and oxygen atoms in total. The van der Waals surface area contributed by atoms with Crippen LogP contribution in [0.15, 0.2) is 121 Å². The van der Waals surface area contributed by atoms with E-state index in [1.807, 2.05) is 110 Å². The highest BCUT2D eigenvalue weighted by Gasteiger charge is 2.24. The Morgan fingerprint density at radius 3 is 2.16 bits per heavy atom. The van der Waals surface area contributed by atoms with Crippen LogP contribution in [0.1, 0.15) is 46.8 Å². The van der Waals surface area contributed by atoms with E-state index in [0.29, 0.717) is 34.6 Å². The number of para-hydroxylation sites is 6. The lowest BCUT2D eigenvalue weighted by Gasteiger charge is -2.31. The van der Waals surface area contributed by atoms with Gasteiger partial charge in [-0.15, -0.1) is 0 Å². The molecule has 0 amide bonds. The van der Waals surface area contributed by atoms with E-state index in [1.165, 1.54) is 0 Å². The fourth-order valence-electron chi connectivity index (χ4n) is 5.40. The third-order valence-electron chi connectivity index (χ3n) is 7.66. The number of esters is 1. The summed E-state index contributed by atoms with van der Waals surface area (Å²) >= 11 is 0. The third-order valence-corrected chi connectivity index (χ3v) is 7.66. The van der Waals surface area contributed by atoms with E-state index in [2.05, 4.69) is 22.1 Å². The quantitative estimate of drug-likeness (QED) is 0.111. The van der Waals surface area contributed by atoms with Gasteiger partial charge < -0.3 is 19.7 Å². The number of ketones is 1. The predicted molar refractivity (Wildman–Crippen MR) is 178 cm³/mol. The van der Waals surface area contributed by atoms with Crippen molar-refractivity contribution in [3.63, 3.8) is 0 Å². The third kappa shape index (κ3) is 6.15. The zero-order valence-electron chi connectivity index (χ0n) is 25.1. The molecule has 1 N–H and O–H groups in total. The molecule has 0 radical (unpaired) electrons. The molecule has 0 bridgehead atoms. The van der Waals surface area contributed by atoms with Gasteiger partial charge in [-0.3, -0.25) is 9.59 Å². The summed E-state index contributed by atoms with van der Waals surface area (Å²) in [4.78, 5) is 28.6. The van der Waals surface area contributed by atoms with Crippen molar-refractivity contribution >= 4 is 34.5 Å². The summed E-state index contributed by atoms with van der Waals surface area (Å²) in [6.45, 7) is 4.29. The summed E-state index contributed by atoms with van der Waals surface area (Å²) < 4.78 is 11.5. The Kier molecular flexibility index (Phi) is 8.61. The van der Waals surface area contributed by atoms with Crippen molar-refractivity contribution in [1.29, 1.82) is 0 Å². The SMILES string of the molecule is CCOC(=O)[C@@H](C)c1cccc(C#CCN2c3ccccc3Oc3ccccc32)c1Nc1ccccc1C(=O)c1ccccc1. The molecule has 1 aliphatic heterocycles. The minimum atomic E-state index is -0.566. The second-order valence-corrected chi connectivity index (χ2v) is 10.5. The van der Waals surface area contributed by atoms with Gasteiger partial charge in [-0.1, -0.05) is 90.7 Å². The second kappa shape index (κ2) is 13.2. The van der Waals surface area contributed by atoms with E-state index >= 15 is 0 Å². The lowest BCUT2D eigenvalue weighted by molar-refractivity contribution is -0.144. The molecular formula is C39H32N2O4. The summed E-state index contributed by atoms with van der Waals surface area (Å²) in [7, 11) is 0. The summed E-state index contributed by atoms with van der Waals surface area (Å²) in [5, 5.41) is 3.49. The average Bonchev–Trinajstić information content (AvgIpc) is 3.08. The highest BCUT2D eigenvalue weighted by molar-refractivity contribution is 6.12. The van der Waals surface area contributed by atoms with E-state index in [4.69, 9.17) is 9.47 Å². The molecule has 45 heavy (non-hydrogen) atoms. The number of benzene rings is 5. The Bertz CT molecular complexity index is 1880. The number of hydrogen-bond acceptors (Lipinski definition) is 6. The maximum absolute atomic E-state index is 13.5. The van der Waals surface area contributed by atoms with E-state index in [0.717, 1.165) is 28.4 Å². The van der Waals surface area contributed by atoms with Crippen LogP contribution in [0.25, 0.3) is 0 Å².